The molecule has 1 atom stereocenters. The van der Waals surface area contributed by atoms with Crippen molar-refractivity contribution in [2.45, 2.75) is 24.4 Å². The van der Waals surface area contributed by atoms with Gasteiger partial charge in [0, 0.05) is 13.6 Å². The minimum absolute atomic E-state index is 0.0931. The fourth-order valence-corrected chi connectivity index (χ4v) is 4.91. The lowest BCUT2D eigenvalue weighted by molar-refractivity contribution is -0.139. The molecule has 0 aromatic heterocycles. The summed E-state index contributed by atoms with van der Waals surface area (Å²) in [5.41, 5.74) is 0.220. The van der Waals surface area contributed by atoms with Crippen molar-refractivity contribution in [3.63, 3.8) is 0 Å². The molecule has 7 nitrogen and oxygen atoms in total. The number of benzene rings is 3. The van der Waals surface area contributed by atoms with E-state index in [1.54, 1.807) is 6.07 Å². The summed E-state index contributed by atoms with van der Waals surface area (Å²) in [7, 11) is -2.93. The Morgan fingerprint density at radius 2 is 1.51 bits per heavy atom. The van der Waals surface area contributed by atoms with E-state index in [2.05, 4.69) is 5.32 Å². The number of carbonyl (C=O) groups excluding carboxylic acids is 2. The first kappa shape index (κ1) is 25.8. The molecule has 0 aliphatic rings. The van der Waals surface area contributed by atoms with E-state index >= 15 is 0 Å². The zero-order valence-electron chi connectivity index (χ0n) is 19.2. The lowest BCUT2D eigenvalue weighted by Gasteiger charge is -2.31. The van der Waals surface area contributed by atoms with Gasteiger partial charge in [-0.1, -0.05) is 42.5 Å². The molecule has 35 heavy (non-hydrogen) atoms. The fraction of sp³-hybridized carbons (Fsp3) is 0.200. The van der Waals surface area contributed by atoms with Gasteiger partial charge in [-0.05, 0) is 48.9 Å². The van der Waals surface area contributed by atoms with Crippen LogP contribution in [0, 0.1) is 11.6 Å². The average molecular weight is 502 g/mol. The third-order valence-electron chi connectivity index (χ3n) is 5.41. The molecule has 0 saturated heterocycles. The van der Waals surface area contributed by atoms with Crippen LogP contribution in [0.4, 0.5) is 14.5 Å². The highest BCUT2D eigenvalue weighted by molar-refractivity contribution is 7.92. The second-order valence-corrected chi connectivity index (χ2v) is 9.58. The van der Waals surface area contributed by atoms with Gasteiger partial charge in [-0.25, -0.2) is 17.2 Å². The van der Waals surface area contributed by atoms with Gasteiger partial charge in [0.2, 0.25) is 11.8 Å². The average Bonchev–Trinajstić information content (AvgIpc) is 2.86. The highest BCUT2D eigenvalue weighted by Gasteiger charge is 2.33. The molecule has 0 aliphatic carbocycles. The molecule has 3 rings (SSSR count). The fourth-order valence-electron chi connectivity index (χ4n) is 3.47. The van der Waals surface area contributed by atoms with Gasteiger partial charge in [0.1, 0.15) is 24.2 Å². The summed E-state index contributed by atoms with van der Waals surface area (Å²) in [6.45, 7) is 0.629. The predicted molar refractivity (Wildman–Crippen MR) is 128 cm³/mol. The molecule has 184 valence electrons. The first-order valence-electron chi connectivity index (χ1n) is 10.7. The van der Waals surface area contributed by atoms with Crippen LogP contribution in [0.15, 0.2) is 83.8 Å². The third-order valence-corrected chi connectivity index (χ3v) is 7.19. The van der Waals surface area contributed by atoms with Gasteiger partial charge >= 0.3 is 0 Å². The molecule has 0 heterocycles. The third kappa shape index (κ3) is 6.02. The van der Waals surface area contributed by atoms with Crippen molar-refractivity contribution in [2.24, 2.45) is 0 Å². The largest absolute Gasteiger partial charge is 0.357 e. The molecule has 10 heteroatoms. The highest BCUT2D eigenvalue weighted by Crippen LogP contribution is 2.26. The van der Waals surface area contributed by atoms with Crippen molar-refractivity contribution in [1.82, 2.24) is 10.2 Å². The van der Waals surface area contributed by atoms with E-state index in [0.29, 0.717) is 9.87 Å². The van der Waals surface area contributed by atoms with Crippen LogP contribution in [-0.2, 0) is 26.2 Å². The van der Waals surface area contributed by atoms with E-state index < -0.39 is 46.1 Å². The van der Waals surface area contributed by atoms with E-state index in [4.69, 9.17) is 0 Å². The van der Waals surface area contributed by atoms with Crippen LogP contribution >= 0.6 is 0 Å². The molecule has 0 fully saturated rings. The Balaban J connectivity index is 2.03. The van der Waals surface area contributed by atoms with Gasteiger partial charge in [-0.15, -0.1) is 0 Å². The molecule has 0 saturated carbocycles. The summed E-state index contributed by atoms with van der Waals surface area (Å²) in [6.07, 6.45) is 0. The van der Waals surface area contributed by atoms with Crippen molar-refractivity contribution in [2.75, 3.05) is 17.9 Å². The zero-order valence-corrected chi connectivity index (χ0v) is 20.0. The number of nitrogens with one attached hydrogen (secondary N) is 1. The number of hydrogen-bond donors (Lipinski definition) is 1. The Labute approximate surface area is 203 Å². The molecular formula is C25H25F2N3O4S. The van der Waals surface area contributed by atoms with Crippen molar-refractivity contribution in [1.29, 1.82) is 0 Å². The van der Waals surface area contributed by atoms with Crippen molar-refractivity contribution < 1.29 is 26.8 Å². The SMILES string of the molecule is CNC(=O)[C@H](C)N(Cc1ccc(F)cc1)C(=O)CN(c1ccccc1F)S(=O)(=O)c1ccccc1. The second-order valence-electron chi connectivity index (χ2n) is 7.71. The number of hydrogen-bond acceptors (Lipinski definition) is 4. The maximum Gasteiger partial charge on any atom is 0.264 e. The predicted octanol–water partition coefficient (Wildman–Crippen LogP) is 3.32. The maximum absolute atomic E-state index is 14.7. The first-order chi connectivity index (χ1) is 16.6. The molecule has 1 N–H and O–H groups in total. The summed E-state index contributed by atoms with van der Waals surface area (Å²) < 4.78 is 55.7. The summed E-state index contributed by atoms with van der Waals surface area (Å²) in [5, 5.41) is 2.46. The Hall–Kier alpha value is -3.79. The Kier molecular flexibility index (Phi) is 8.18. The van der Waals surface area contributed by atoms with Gasteiger partial charge in [0.05, 0.1) is 10.6 Å². The van der Waals surface area contributed by atoms with Crippen LogP contribution in [0.3, 0.4) is 0 Å². The quantitative estimate of drug-likeness (QED) is 0.487. The highest BCUT2D eigenvalue weighted by atomic mass is 32.2. The molecule has 0 radical (unpaired) electrons. The van der Waals surface area contributed by atoms with Crippen LogP contribution < -0.4 is 9.62 Å². The van der Waals surface area contributed by atoms with Crippen LogP contribution in [0.5, 0.6) is 0 Å². The van der Waals surface area contributed by atoms with Crippen LogP contribution in [0.2, 0.25) is 0 Å². The van der Waals surface area contributed by atoms with E-state index in [1.165, 1.54) is 85.6 Å². The zero-order chi connectivity index (χ0) is 25.6. The van der Waals surface area contributed by atoms with Crippen LogP contribution in [0.1, 0.15) is 12.5 Å². The number of likely N-dealkylation sites (N-methyl/N-ethyl adjacent to an activating group) is 1. The molecule has 0 spiro atoms. The number of nitrogens with zero attached hydrogens (tertiary/aromatic N) is 2. The number of halogens is 2. The van der Waals surface area contributed by atoms with Crippen LogP contribution in [0.25, 0.3) is 0 Å². The van der Waals surface area contributed by atoms with E-state index in [-0.39, 0.29) is 17.1 Å². The number of anilines is 1. The van der Waals surface area contributed by atoms with Crippen molar-refractivity contribution >= 4 is 27.5 Å². The number of sulfonamides is 1. The van der Waals surface area contributed by atoms with Crippen molar-refractivity contribution in [3.05, 3.63) is 96.1 Å². The second kappa shape index (κ2) is 11.1. The minimum atomic E-state index is -4.34. The standard InChI is InChI=1S/C25H25F2N3O4S/c1-18(25(32)28-2)29(16-19-12-14-20(26)15-13-19)24(31)17-30(23-11-7-6-10-22(23)27)35(33,34)21-8-4-3-5-9-21/h3-15,18H,16-17H2,1-2H3,(H,28,32)/t18-/m0/s1. The number of amides is 2. The Morgan fingerprint density at radius 1 is 0.914 bits per heavy atom. The van der Waals surface area contributed by atoms with Gasteiger partial charge in [-0.2, -0.15) is 0 Å². The Bertz CT molecular complexity index is 1290. The monoisotopic (exact) mass is 501 g/mol. The first-order valence-corrected chi connectivity index (χ1v) is 12.2. The summed E-state index contributed by atoms with van der Waals surface area (Å²) >= 11 is 0. The van der Waals surface area contributed by atoms with E-state index in [9.17, 15) is 26.8 Å². The van der Waals surface area contributed by atoms with E-state index in [1.807, 2.05) is 0 Å². The smallest absolute Gasteiger partial charge is 0.264 e. The van der Waals surface area contributed by atoms with Crippen LogP contribution in [-0.4, -0.2) is 44.8 Å². The molecule has 3 aromatic rings. The summed E-state index contributed by atoms with van der Waals surface area (Å²) in [6, 6.07) is 16.9. The van der Waals surface area contributed by atoms with Gasteiger partial charge in [0.15, 0.2) is 0 Å². The summed E-state index contributed by atoms with van der Waals surface area (Å²) in [4.78, 5) is 26.9. The topological polar surface area (TPSA) is 86.8 Å². The van der Waals surface area contributed by atoms with Gasteiger partial charge < -0.3 is 10.2 Å². The molecule has 0 bridgehead atoms. The number of para-hydroxylation sites is 1. The Morgan fingerprint density at radius 3 is 2.11 bits per heavy atom. The molecule has 2 amide bonds. The number of rotatable bonds is 9. The molecule has 0 aliphatic heterocycles. The lowest BCUT2D eigenvalue weighted by atomic mass is 10.1. The minimum Gasteiger partial charge on any atom is -0.357 e. The van der Waals surface area contributed by atoms with Crippen molar-refractivity contribution in [3.8, 4) is 0 Å². The van der Waals surface area contributed by atoms with Gasteiger partial charge in [0.25, 0.3) is 10.0 Å². The normalized spacial score (nSPS) is 12.0. The molecular weight excluding hydrogens is 476 g/mol. The lowest BCUT2D eigenvalue weighted by Crippen LogP contribution is -2.50. The molecule has 0 unspecified atom stereocenters. The molecule has 3 aromatic carbocycles. The number of carbonyl (C=O) groups is 2. The maximum atomic E-state index is 14.7. The van der Waals surface area contributed by atoms with Gasteiger partial charge in [-0.3, -0.25) is 13.9 Å². The van der Waals surface area contributed by atoms with E-state index in [0.717, 1.165) is 6.07 Å². The summed E-state index contributed by atoms with van der Waals surface area (Å²) in [5.74, 6) is -2.52.